The summed E-state index contributed by atoms with van der Waals surface area (Å²) in [5.74, 6) is -0.792. The van der Waals surface area contributed by atoms with Gasteiger partial charge in [-0.2, -0.15) is 0 Å². The Kier molecular flexibility index (Phi) is 6.02. The molecule has 0 bridgehead atoms. The highest BCUT2D eigenvalue weighted by molar-refractivity contribution is 5.89. The van der Waals surface area contributed by atoms with Gasteiger partial charge in [0, 0.05) is 13.1 Å². The molecule has 0 radical (unpaired) electrons. The van der Waals surface area contributed by atoms with Crippen LogP contribution in [0.3, 0.4) is 0 Å². The van der Waals surface area contributed by atoms with Crippen molar-refractivity contribution in [2.45, 2.75) is 39.0 Å². The lowest BCUT2D eigenvalue weighted by molar-refractivity contribution is -0.153. The Labute approximate surface area is 153 Å². The smallest absolute Gasteiger partial charge is 0.338 e. The second kappa shape index (κ2) is 7.86. The molecule has 7 nitrogen and oxygen atoms in total. The molecular weight excluding hydrogens is 336 g/mol. The molecule has 1 aromatic rings. The Hall–Kier alpha value is -2.41. The van der Waals surface area contributed by atoms with Crippen molar-refractivity contribution in [1.82, 2.24) is 9.80 Å². The number of amides is 1. The quantitative estimate of drug-likeness (QED) is 0.755. The Morgan fingerprint density at radius 3 is 2.35 bits per heavy atom. The first kappa shape index (κ1) is 19.9. The van der Waals surface area contributed by atoms with E-state index in [-0.39, 0.29) is 30.9 Å². The molecule has 0 unspecified atom stereocenters. The summed E-state index contributed by atoms with van der Waals surface area (Å²) in [4.78, 5) is 39.5. The van der Waals surface area contributed by atoms with Crippen LogP contribution >= 0.6 is 0 Å². The summed E-state index contributed by atoms with van der Waals surface area (Å²) < 4.78 is 10.1. The van der Waals surface area contributed by atoms with Gasteiger partial charge in [-0.05, 0) is 45.5 Å². The van der Waals surface area contributed by atoms with Crippen LogP contribution in [0.25, 0.3) is 0 Å². The minimum absolute atomic E-state index is 0.0520. The van der Waals surface area contributed by atoms with Crippen LogP contribution in [0.5, 0.6) is 0 Å². The monoisotopic (exact) mass is 362 g/mol. The van der Waals surface area contributed by atoms with Gasteiger partial charge in [0.05, 0.1) is 19.2 Å². The summed E-state index contributed by atoms with van der Waals surface area (Å²) in [5.41, 5.74) is 0.782. The first-order chi connectivity index (χ1) is 12.1. The highest BCUT2D eigenvalue weighted by Gasteiger charge is 2.34. The molecule has 0 spiro atoms. The number of carbonyl (C=O) groups is 3. The summed E-state index contributed by atoms with van der Waals surface area (Å²) in [6, 6.07) is 6.47. The third kappa shape index (κ3) is 5.05. The van der Waals surface area contributed by atoms with Gasteiger partial charge in [0.2, 0.25) is 5.91 Å². The lowest BCUT2D eigenvalue weighted by atomic mass is 10.1. The van der Waals surface area contributed by atoms with E-state index in [0.29, 0.717) is 12.1 Å². The molecule has 1 aromatic carbocycles. The Balaban J connectivity index is 2.04. The zero-order valence-corrected chi connectivity index (χ0v) is 15.9. The number of methoxy groups -OCH3 is 1. The molecular formula is C19H26N2O5. The fourth-order valence-corrected chi connectivity index (χ4v) is 2.72. The molecule has 0 N–H and O–H groups in total. The third-order valence-electron chi connectivity index (χ3n) is 4.10. The van der Waals surface area contributed by atoms with Crippen LogP contribution in [0.1, 0.15) is 36.7 Å². The van der Waals surface area contributed by atoms with Crippen molar-refractivity contribution in [1.29, 1.82) is 0 Å². The number of benzene rings is 1. The largest absolute Gasteiger partial charge is 0.468 e. The summed E-state index contributed by atoms with van der Waals surface area (Å²) in [5, 5.41) is 0. The Morgan fingerprint density at radius 2 is 1.81 bits per heavy atom. The number of esters is 2. The Bertz CT molecular complexity index is 678. The molecule has 142 valence electrons. The van der Waals surface area contributed by atoms with Gasteiger partial charge in [-0.25, -0.2) is 4.79 Å². The SMILES string of the molecule is COC(=O)[C@H]1CN(Cc2ccc(C(=O)OC(C)(C)C)cc2)C(=O)CN1C. The van der Waals surface area contributed by atoms with E-state index in [1.807, 2.05) is 20.8 Å². The molecule has 1 aliphatic heterocycles. The summed E-state index contributed by atoms with van der Waals surface area (Å²) in [6.07, 6.45) is 0. The van der Waals surface area contributed by atoms with Gasteiger partial charge in [0.1, 0.15) is 11.6 Å². The predicted octanol–water partition coefficient (Wildman–Crippen LogP) is 1.46. The maximum absolute atomic E-state index is 12.3. The van der Waals surface area contributed by atoms with Crippen molar-refractivity contribution in [3.05, 3.63) is 35.4 Å². The van der Waals surface area contributed by atoms with Gasteiger partial charge in [0.25, 0.3) is 0 Å². The minimum Gasteiger partial charge on any atom is -0.468 e. The number of nitrogens with zero attached hydrogens (tertiary/aromatic N) is 2. The summed E-state index contributed by atoms with van der Waals surface area (Å²) in [6.45, 7) is 6.25. The number of ether oxygens (including phenoxy) is 2. The second-order valence-corrected chi connectivity index (χ2v) is 7.43. The van der Waals surface area contributed by atoms with Crippen molar-refractivity contribution in [3.8, 4) is 0 Å². The third-order valence-corrected chi connectivity index (χ3v) is 4.10. The minimum atomic E-state index is -0.551. The number of likely N-dealkylation sites (N-methyl/N-ethyl adjacent to an activating group) is 1. The van der Waals surface area contributed by atoms with Gasteiger partial charge in [-0.1, -0.05) is 12.1 Å². The molecule has 7 heteroatoms. The number of carbonyl (C=O) groups excluding carboxylic acids is 3. The van der Waals surface area contributed by atoms with E-state index in [1.165, 1.54) is 7.11 Å². The van der Waals surface area contributed by atoms with Crippen molar-refractivity contribution in [2.24, 2.45) is 0 Å². The van der Waals surface area contributed by atoms with Gasteiger partial charge in [0.15, 0.2) is 0 Å². The van der Waals surface area contributed by atoms with Crippen molar-refractivity contribution < 1.29 is 23.9 Å². The summed E-state index contributed by atoms with van der Waals surface area (Å²) >= 11 is 0. The first-order valence-corrected chi connectivity index (χ1v) is 8.49. The van der Waals surface area contributed by atoms with Crippen LogP contribution in [-0.4, -0.2) is 66.5 Å². The average Bonchev–Trinajstić information content (AvgIpc) is 2.55. The molecule has 1 heterocycles. The number of hydrogen-bond acceptors (Lipinski definition) is 6. The number of rotatable bonds is 4. The van der Waals surface area contributed by atoms with E-state index >= 15 is 0 Å². The van der Waals surface area contributed by atoms with Gasteiger partial charge in [-0.15, -0.1) is 0 Å². The molecule has 1 saturated heterocycles. The van der Waals surface area contributed by atoms with Gasteiger partial charge >= 0.3 is 11.9 Å². The molecule has 1 amide bonds. The maximum atomic E-state index is 12.3. The fourth-order valence-electron chi connectivity index (χ4n) is 2.72. The van der Waals surface area contributed by atoms with Crippen LogP contribution < -0.4 is 0 Å². The standard InChI is InChI=1S/C19H26N2O5/c1-19(2,3)26-17(23)14-8-6-13(7-9-14)10-21-11-15(18(24)25-5)20(4)12-16(21)22/h6-9,15H,10-12H2,1-5H3/t15-/m1/s1. The highest BCUT2D eigenvalue weighted by atomic mass is 16.6. The molecule has 2 rings (SSSR count). The maximum Gasteiger partial charge on any atom is 0.338 e. The molecule has 0 saturated carbocycles. The van der Waals surface area contributed by atoms with Crippen LogP contribution in [0.15, 0.2) is 24.3 Å². The molecule has 1 aliphatic rings. The van der Waals surface area contributed by atoms with E-state index < -0.39 is 11.6 Å². The van der Waals surface area contributed by atoms with Crippen molar-refractivity contribution in [2.75, 3.05) is 27.2 Å². The van der Waals surface area contributed by atoms with Crippen molar-refractivity contribution in [3.63, 3.8) is 0 Å². The molecule has 26 heavy (non-hydrogen) atoms. The lowest BCUT2D eigenvalue weighted by Crippen LogP contribution is -2.57. The number of piperazine rings is 1. The zero-order chi connectivity index (χ0) is 19.5. The van der Waals surface area contributed by atoms with E-state index in [1.54, 1.807) is 41.1 Å². The zero-order valence-electron chi connectivity index (χ0n) is 15.9. The van der Waals surface area contributed by atoms with Gasteiger partial charge < -0.3 is 14.4 Å². The summed E-state index contributed by atoms with van der Waals surface area (Å²) in [7, 11) is 3.07. The van der Waals surface area contributed by atoms with Crippen LogP contribution in [0, 0.1) is 0 Å². The van der Waals surface area contributed by atoms with Crippen LogP contribution in [0.4, 0.5) is 0 Å². The van der Waals surface area contributed by atoms with E-state index in [0.717, 1.165) is 5.56 Å². The topological polar surface area (TPSA) is 76.1 Å². The molecule has 1 fully saturated rings. The number of hydrogen-bond donors (Lipinski definition) is 0. The van der Waals surface area contributed by atoms with Crippen LogP contribution in [0.2, 0.25) is 0 Å². The van der Waals surface area contributed by atoms with Crippen molar-refractivity contribution >= 4 is 17.8 Å². The predicted molar refractivity (Wildman–Crippen MR) is 95.5 cm³/mol. The van der Waals surface area contributed by atoms with E-state index in [2.05, 4.69) is 0 Å². The lowest BCUT2D eigenvalue weighted by Gasteiger charge is -2.37. The van der Waals surface area contributed by atoms with E-state index in [9.17, 15) is 14.4 Å². The van der Waals surface area contributed by atoms with Gasteiger partial charge in [-0.3, -0.25) is 14.5 Å². The second-order valence-electron chi connectivity index (χ2n) is 7.43. The molecule has 0 aliphatic carbocycles. The molecule has 1 atom stereocenters. The normalized spacial score (nSPS) is 18.6. The molecule has 0 aromatic heterocycles. The highest BCUT2D eigenvalue weighted by Crippen LogP contribution is 2.16. The average molecular weight is 362 g/mol. The Morgan fingerprint density at radius 1 is 1.19 bits per heavy atom. The first-order valence-electron chi connectivity index (χ1n) is 8.49. The van der Waals surface area contributed by atoms with Crippen LogP contribution in [-0.2, 0) is 25.6 Å². The fraction of sp³-hybridized carbons (Fsp3) is 0.526. The van der Waals surface area contributed by atoms with E-state index in [4.69, 9.17) is 9.47 Å².